The molecule has 1 aromatic heterocycles. The number of hydrogen-bond acceptors (Lipinski definition) is 2. The molecule has 3 heteroatoms. The van der Waals surface area contributed by atoms with E-state index in [4.69, 9.17) is 0 Å². The molecule has 2 rings (SSSR count). The third-order valence-corrected chi connectivity index (χ3v) is 3.36. The Morgan fingerprint density at radius 3 is 2.58 bits per heavy atom. The third-order valence-electron chi connectivity index (χ3n) is 3.36. The fourth-order valence-electron chi connectivity index (χ4n) is 2.25. The molecule has 1 aromatic carbocycles. The van der Waals surface area contributed by atoms with Gasteiger partial charge in [0.25, 0.3) is 0 Å². The van der Waals surface area contributed by atoms with Crippen LogP contribution in [-0.4, -0.2) is 23.1 Å². The predicted octanol–water partition coefficient (Wildman–Crippen LogP) is 3.28. The largest absolute Gasteiger partial charge is 0.328 e. The number of imidazole rings is 1. The standard InChI is InChI=1S/C16H23N3/c1-13(2)19-12-18-11-16(19)15-8-6-14(7-9-15)5-4-10-17-3/h6-9,11-13,17H,4-5,10H2,1-3H3. The summed E-state index contributed by atoms with van der Waals surface area (Å²) in [5.74, 6) is 0. The molecule has 1 heterocycles. The Kier molecular flexibility index (Phi) is 4.74. The average molecular weight is 257 g/mol. The predicted molar refractivity (Wildman–Crippen MR) is 80.3 cm³/mol. The van der Waals surface area contributed by atoms with E-state index < -0.39 is 0 Å². The molecule has 0 aliphatic rings. The Bertz CT molecular complexity index is 497. The van der Waals surface area contributed by atoms with Gasteiger partial charge in [-0.3, -0.25) is 0 Å². The van der Waals surface area contributed by atoms with Crippen molar-refractivity contribution in [1.82, 2.24) is 14.9 Å². The zero-order valence-corrected chi connectivity index (χ0v) is 12.1. The minimum absolute atomic E-state index is 0.438. The fourth-order valence-corrected chi connectivity index (χ4v) is 2.25. The van der Waals surface area contributed by atoms with Gasteiger partial charge in [-0.1, -0.05) is 24.3 Å². The van der Waals surface area contributed by atoms with E-state index in [1.807, 2.05) is 19.6 Å². The van der Waals surface area contributed by atoms with Crippen molar-refractivity contribution in [3.05, 3.63) is 42.4 Å². The number of aryl methyl sites for hydroxylation is 1. The minimum atomic E-state index is 0.438. The lowest BCUT2D eigenvalue weighted by Crippen LogP contribution is -2.08. The lowest BCUT2D eigenvalue weighted by molar-refractivity contribution is 0.605. The highest BCUT2D eigenvalue weighted by Gasteiger charge is 2.07. The highest BCUT2D eigenvalue weighted by molar-refractivity contribution is 5.59. The van der Waals surface area contributed by atoms with Gasteiger partial charge in [-0.05, 0) is 51.4 Å². The molecule has 3 nitrogen and oxygen atoms in total. The Balaban J connectivity index is 2.11. The Morgan fingerprint density at radius 1 is 1.21 bits per heavy atom. The van der Waals surface area contributed by atoms with Crippen LogP contribution in [-0.2, 0) is 6.42 Å². The monoisotopic (exact) mass is 257 g/mol. The second-order valence-corrected chi connectivity index (χ2v) is 5.18. The number of benzene rings is 1. The van der Waals surface area contributed by atoms with Gasteiger partial charge in [-0.25, -0.2) is 4.98 Å². The molecule has 0 aliphatic heterocycles. The maximum Gasteiger partial charge on any atom is 0.0953 e. The van der Waals surface area contributed by atoms with Crippen LogP contribution in [0.5, 0.6) is 0 Å². The van der Waals surface area contributed by atoms with Crippen molar-refractivity contribution < 1.29 is 0 Å². The molecule has 2 aromatic rings. The first-order valence-electron chi connectivity index (χ1n) is 6.98. The summed E-state index contributed by atoms with van der Waals surface area (Å²) in [4.78, 5) is 4.26. The van der Waals surface area contributed by atoms with Crippen molar-refractivity contribution in [3.8, 4) is 11.3 Å². The maximum absolute atomic E-state index is 4.26. The van der Waals surface area contributed by atoms with Crippen LogP contribution in [0, 0.1) is 0 Å². The molecule has 0 saturated carbocycles. The third kappa shape index (κ3) is 3.44. The summed E-state index contributed by atoms with van der Waals surface area (Å²) < 4.78 is 2.20. The van der Waals surface area contributed by atoms with Gasteiger partial charge in [-0.2, -0.15) is 0 Å². The average Bonchev–Trinajstić information content (AvgIpc) is 2.89. The SMILES string of the molecule is CNCCCc1ccc(-c2cncn2C(C)C)cc1. The van der Waals surface area contributed by atoms with Crippen molar-refractivity contribution in [2.75, 3.05) is 13.6 Å². The lowest BCUT2D eigenvalue weighted by atomic mass is 10.1. The molecular weight excluding hydrogens is 234 g/mol. The summed E-state index contributed by atoms with van der Waals surface area (Å²) in [6.45, 7) is 5.43. The van der Waals surface area contributed by atoms with Crippen molar-refractivity contribution in [2.24, 2.45) is 0 Å². The molecule has 0 bridgehead atoms. The first kappa shape index (κ1) is 13.8. The second kappa shape index (κ2) is 6.53. The van der Waals surface area contributed by atoms with Crippen LogP contribution in [0.1, 0.15) is 31.9 Å². The number of aromatic nitrogens is 2. The summed E-state index contributed by atoms with van der Waals surface area (Å²) in [6, 6.07) is 9.29. The van der Waals surface area contributed by atoms with Gasteiger partial charge in [0.15, 0.2) is 0 Å². The van der Waals surface area contributed by atoms with Crippen molar-refractivity contribution in [1.29, 1.82) is 0 Å². The summed E-state index contributed by atoms with van der Waals surface area (Å²) in [7, 11) is 2.00. The maximum atomic E-state index is 4.26. The number of rotatable bonds is 6. The first-order valence-corrected chi connectivity index (χ1v) is 6.98. The van der Waals surface area contributed by atoms with E-state index in [9.17, 15) is 0 Å². The molecule has 0 saturated heterocycles. The molecule has 0 atom stereocenters. The quantitative estimate of drug-likeness (QED) is 0.805. The molecule has 0 aliphatic carbocycles. The molecule has 102 valence electrons. The van der Waals surface area contributed by atoms with Crippen LogP contribution >= 0.6 is 0 Å². The van der Waals surface area contributed by atoms with Crippen LogP contribution in [0.3, 0.4) is 0 Å². The Labute approximate surface area is 115 Å². The second-order valence-electron chi connectivity index (χ2n) is 5.18. The number of nitrogens with one attached hydrogen (secondary N) is 1. The van der Waals surface area contributed by atoms with Crippen LogP contribution in [0.25, 0.3) is 11.3 Å². The molecule has 0 amide bonds. The van der Waals surface area contributed by atoms with Crippen molar-refractivity contribution >= 4 is 0 Å². The smallest absolute Gasteiger partial charge is 0.0953 e. The van der Waals surface area contributed by atoms with Gasteiger partial charge < -0.3 is 9.88 Å². The van der Waals surface area contributed by atoms with Gasteiger partial charge in [0.2, 0.25) is 0 Å². The molecule has 0 radical (unpaired) electrons. The van der Waals surface area contributed by atoms with Crippen LogP contribution in [0.2, 0.25) is 0 Å². The van der Waals surface area contributed by atoms with E-state index in [1.54, 1.807) is 0 Å². The van der Waals surface area contributed by atoms with E-state index in [1.165, 1.54) is 23.2 Å². The van der Waals surface area contributed by atoms with E-state index in [-0.39, 0.29) is 0 Å². The topological polar surface area (TPSA) is 29.9 Å². The zero-order chi connectivity index (χ0) is 13.7. The molecule has 0 unspecified atom stereocenters. The van der Waals surface area contributed by atoms with E-state index >= 15 is 0 Å². The van der Waals surface area contributed by atoms with Gasteiger partial charge in [0.05, 0.1) is 18.2 Å². The van der Waals surface area contributed by atoms with E-state index in [0.29, 0.717) is 6.04 Å². The van der Waals surface area contributed by atoms with Gasteiger partial charge in [-0.15, -0.1) is 0 Å². The Morgan fingerprint density at radius 2 is 1.95 bits per heavy atom. The van der Waals surface area contributed by atoms with Crippen LogP contribution < -0.4 is 5.32 Å². The number of nitrogens with zero attached hydrogens (tertiary/aromatic N) is 2. The van der Waals surface area contributed by atoms with Gasteiger partial charge in [0.1, 0.15) is 0 Å². The van der Waals surface area contributed by atoms with Crippen molar-refractivity contribution in [3.63, 3.8) is 0 Å². The van der Waals surface area contributed by atoms with Gasteiger partial charge >= 0.3 is 0 Å². The highest BCUT2D eigenvalue weighted by atomic mass is 15.1. The van der Waals surface area contributed by atoms with Crippen LogP contribution in [0.4, 0.5) is 0 Å². The minimum Gasteiger partial charge on any atom is -0.328 e. The normalized spacial score (nSPS) is 11.2. The molecule has 0 fully saturated rings. The Hall–Kier alpha value is -1.61. The molecular formula is C16H23N3. The summed E-state index contributed by atoms with van der Waals surface area (Å²) >= 11 is 0. The summed E-state index contributed by atoms with van der Waals surface area (Å²) in [5.41, 5.74) is 3.83. The molecule has 1 N–H and O–H groups in total. The zero-order valence-electron chi connectivity index (χ0n) is 12.1. The van der Waals surface area contributed by atoms with Crippen molar-refractivity contribution in [2.45, 2.75) is 32.7 Å². The van der Waals surface area contributed by atoms with E-state index in [2.05, 4.69) is 53.0 Å². The lowest BCUT2D eigenvalue weighted by Gasteiger charge is -2.12. The highest BCUT2D eigenvalue weighted by Crippen LogP contribution is 2.22. The van der Waals surface area contributed by atoms with Crippen LogP contribution in [0.15, 0.2) is 36.8 Å². The number of hydrogen-bond donors (Lipinski definition) is 1. The molecule has 0 spiro atoms. The summed E-state index contributed by atoms with van der Waals surface area (Å²) in [6.07, 6.45) is 6.15. The molecule has 19 heavy (non-hydrogen) atoms. The first-order chi connectivity index (χ1) is 9.22. The van der Waals surface area contributed by atoms with Gasteiger partial charge in [0, 0.05) is 6.04 Å². The fraction of sp³-hybridized carbons (Fsp3) is 0.438. The van der Waals surface area contributed by atoms with E-state index in [0.717, 1.165) is 13.0 Å². The summed E-state index contributed by atoms with van der Waals surface area (Å²) in [5, 5.41) is 3.18.